The molecule has 1 aromatic carbocycles. The van der Waals surface area contributed by atoms with Crippen molar-refractivity contribution in [1.82, 2.24) is 10.6 Å². The molecule has 0 radical (unpaired) electrons. The zero-order valence-corrected chi connectivity index (χ0v) is 14.4. The molecule has 0 heterocycles. The minimum Gasteiger partial charge on any atom is -0.356 e. The summed E-state index contributed by atoms with van der Waals surface area (Å²) in [5.41, 5.74) is 1.48. The molecule has 0 amide bonds. The first-order chi connectivity index (χ1) is 10.8. The van der Waals surface area contributed by atoms with Gasteiger partial charge in [0.05, 0.1) is 0 Å². The van der Waals surface area contributed by atoms with E-state index in [2.05, 4.69) is 52.2 Å². The summed E-state index contributed by atoms with van der Waals surface area (Å²) >= 11 is 2.00. The number of aliphatic imine (C=N–C) groups is 1. The number of guanidine groups is 1. The number of hydrogen-bond donors (Lipinski definition) is 2. The number of thioether (sulfide) groups is 1. The van der Waals surface area contributed by atoms with E-state index in [0.717, 1.165) is 29.6 Å². The standard InChI is InChI=1S/C18H27N3S/c1-19-18(21-15-8-9-16(11-15)22-2)20-12-14-10-17(14)13-6-4-3-5-7-13/h3-7,14-17H,8-12H2,1-2H3,(H2,19,20,21). The summed E-state index contributed by atoms with van der Waals surface area (Å²) in [6.45, 7) is 1.03. The molecule has 1 aromatic rings. The lowest BCUT2D eigenvalue weighted by atomic mass is 10.1. The Hall–Kier alpha value is -1.16. The maximum absolute atomic E-state index is 4.39. The Kier molecular flexibility index (Phi) is 5.29. The third-order valence-electron chi connectivity index (χ3n) is 4.96. The number of hydrogen-bond acceptors (Lipinski definition) is 2. The highest BCUT2D eigenvalue weighted by atomic mass is 32.2. The van der Waals surface area contributed by atoms with Crippen LogP contribution in [0.5, 0.6) is 0 Å². The maximum atomic E-state index is 4.39. The first-order valence-corrected chi connectivity index (χ1v) is 9.64. The Morgan fingerprint density at radius 1 is 1.23 bits per heavy atom. The smallest absolute Gasteiger partial charge is 0.191 e. The van der Waals surface area contributed by atoms with Crippen LogP contribution >= 0.6 is 11.8 Å². The van der Waals surface area contributed by atoms with Gasteiger partial charge in [0, 0.05) is 24.9 Å². The van der Waals surface area contributed by atoms with Gasteiger partial charge in [-0.05, 0) is 49.3 Å². The van der Waals surface area contributed by atoms with E-state index in [4.69, 9.17) is 0 Å². The fourth-order valence-electron chi connectivity index (χ4n) is 3.48. The van der Waals surface area contributed by atoms with Crippen molar-refractivity contribution in [3.63, 3.8) is 0 Å². The van der Waals surface area contributed by atoms with E-state index in [1.807, 2.05) is 18.8 Å². The largest absolute Gasteiger partial charge is 0.356 e. The van der Waals surface area contributed by atoms with Gasteiger partial charge in [0.2, 0.25) is 0 Å². The molecular formula is C18H27N3S. The Balaban J connectivity index is 1.41. The zero-order chi connectivity index (χ0) is 15.4. The highest BCUT2D eigenvalue weighted by molar-refractivity contribution is 7.99. The molecule has 120 valence electrons. The molecule has 22 heavy (non-hydrogen) atoms. The minimum atomic E-state index is 0.591. The Labute approximate surface area is 138 Å². The minimum absolute atomic E-state index is 0.591. The van der Waals surface area contributed by atoms with E-state index in [9.17, 15) is 0 Å². The second kappa shape index (κ2) is 7.40. The second-order valence-electron chi connectivity index (χ2n) is 6.48. The summed E-state index contributed by atoms with van der Waals surface area (Å²) in [5, 5.41) is 7.94. The molecule has 2 aliphatic rings. The Morgan fingerprint density at radius 2 is 2.05 bits per heavy atom. The summed E-state index contributed by atoms with van der Waals surface area (Å²) < 4.78 is 0. The molecule has 3 nitrogen and oxygen atoms in total. The fourth-order valence-corrected chi connectivity index (χ4v) is 4.28. The van der Waals surface area contributed by atoms with Crippen molar-refractivity contribution in [2.75, 3.05) is 19.8 Å². The number of nitrogens with one attached hydrogen (secondary N) is 2. The van der Waals surface area contributed by atoms with E-state index in [1.165, 1.54) is 31.2 Å². The van der Waals surface area contributed by atoms with Gasteiger partial charge in [-0.1, -0.05) is 30.3 Å². The molecule has 0 bridgehead atoms. The normalized spacial score (nSPS) is 31.1. The molecule has 0 spiro atoms. The number of rotatable bonds is 5. The van der Waals surface area contributed by atoms with Crippen LogP contribution in [0.15, 0.2) is 35.3 Å². The number of nitrogens with zero attached hydrogens (tertiary/aromatic N) is 1. The molecule has 2 N–H and O–H groups in total. The average molecular weight is 318 g/mol. The van der Waals surface area contributed by atoms with Gasteiger partial charge in [-0.25, -0.2) is 0 Å². The molecule has 2 fully saturated rings. The zero-order valence-electron chi connectivity index (χ0n) is 13.6. The predicted molar refractivity (Wildman–Crippen MR) is 96.7 cm³/mol. The van der Waals surface area contributed by atoms with Crippen LogP contribution in [0.25, 0.3) is 0 Å². The summed E-state index contributed by atoms with van der Waals surface area (Å²) in [5.74, 6) is 2.47. The SMILES string of the molecule is CN=C(NCC1CC1c1ccccc1)NC1CCC(SC)C1. The van der Waals surface area contributed by atoms with Crippen LogP contribution in [-0.4, -0.2) is 37.1 Å². The molecule has 4 heteroatoms. The van der Waals surface area contributed by atoms with Crippen LogP contribution in [0.4, 0.5) is 0 Å². The molecule has 4 unspecified atom stereocenters. The van der Waals surface area contributed by atoms with E-state index in [1.54, 1.807) is 0 Å². The summed E-state index contributed by atoms with van der Waals surface area (Å²) in [4.78, 5) is 4.39. The van der Waals surface area contributed by atoms with Gasteiger partial charge in [-0.2, -0.15) is 11.8 Å². The first-order valence-electron chi connectivity index (χ1n) is 8.35. The third kappa shape index (κ3) is 3.97. The molecule has 4 atom stereocenters. The van der Waals surface area contributed by atoms with Crippen molar-refractivity contribution in [3.05, 3.63) is 35.9 Å². The molecule has 0 aromatic heterocycles. The third-order valence-corrected chi connectivity index (χ3v) is 6.06. The quantitative estimate of drug-likeness (QED) is 0.646. The molecular weight excluding hydrogens is 290 g/mol. The van der Waals surface area contributed by atoms with Gasteiger partial charge in [-0.15, -0.1) is 0 Å². The van der Waals surface area contributed by atoms with Crippen molar-refractivity contribution in [3.8, 4) is 0 Å². The van der Waals surface area contributed by atoms with Gasteiger partial charge in [0.1, 0.15) is 0 Å². The van der Waals surface area contributed by atoms with E-state index >= 15 is 0 Å². The van der Waals surface area contributed by atoms with Gasteiger partial charge in [-0.3, -0.25) is 4.99 Å². The molecule has 3 rings (SSSR count). The topological polar surface area (TPSA) is 36.4 Å². The van der Waals surface area contributed by atoms with Gasteiger partial charge < -0.3 is 10.6 Å². The van der Waals surface area contributed by atoms with Crippen molar-refractivity contribution >= 4 is 17.7 Å². The van der Waals surface area contributed by atoms with Crippen LogP contribution in [0, 0.1) is 5.92 Å². The fraction of sp³-hybridized carbons (Fsp3) is 0.611. The van der Waals surface area contributed by atoms with Crippen molar-refractivity contribution < 1.29 is 0 Å². The molecule has 2 saturated carbocycles. The Bertz CT molecular complexity index is 502. The van der Waals surface area contributed by atoms with Crippen molar-refractivity contribution in [1.29, 1.82) is 0 Å². The van der Waals surface area contributed by atoms with Gasteiger partial charge in [0.15, 0.2) is 5.96 Å². The van der Waals surface area contributed by atoms with Crippen LogP contribution < -0.4 is 10.6 Å². The van der Waals surface area contributed by atoms with Crippen molar-refractivity contribution in [2.45, 2.75) is 42.9 Å². The van der Waals surface area contributed by atoms with Crippen LogP contribution in [0.3, 0.4) is 0 Å². The molecule has 0 aliphatic heterocycles. The Morgan fingerprint density at radius 3 is 2.73 bits per heavy atom. The second-order valence-corrected chi connectivity index (χ2v) is 7.62. The van der Waals surface area contributed by atoms with Crippen LogP contribution in [-0.2, 0) is 0 Å². The van der Waals surface area contributed by atoms with E-state index < -0.39 is 0 Å². The van der Waals surface area contributed by atoms with Crippen molar-refractivity contribution in [2.24, 2.45) is 10.9 Å². The summed E-state index contributed by atoms with van der Waals surface area (Å²) in [6, 6.07) is 11.5. The van der Waals surface area contributed by atoms with Gasteiger partial charge >= 0.3 is 0 Å². The first kappa shape index (κ1) is 15.7. The molecule has 0 saturated heterocycles. The predicted octanol–water partition coefficient (Wildman–Crippen LogP) is 3.24. The maximum Gasteiger partial charge on any atom is 0.191 e. The highest BCUT2D eigenvalue weighted by Crippen LogP contribution is 2.46. The van der Waals surface area contributed by atoms with Crippen LogP contribution in [0.1, 0.15) is 37.2 Å². The van der Waals surface area contributed by atoms with E-state index in [0.29, 0.717) is 6.04 Å². The van der Waals surface area contributed by atoms with E-state index in [-0.39, 0.29) is 0 Å². The monoisotopic (exact) mass is 317 g/mol. The lowest BCUT2D eigenvalue weighted by molar-refractivity contribution is 0.608. The van der Waals surface area contributed by atoms with Crippen LogP contribution in [0.2, 0.25) is 0 Å². The average Bonchev–Trinajstić information content (AvgIpc) is 3.21. The molecule has 2 aliphatic carbocycles. The summed E-state index contributed by atoms with van der Waals surface area (Å²) in [7, 11) is 1.87. The highest BCUT2D eigenvalue weighted by Gasteiger charge is 2.38. The summed E-state index contributed by atoms with van der Waals surface area (Å²) in [6.07, 6.45) is 7.37. The van der Waals surface area contributed by atoms with Gasteiger partial charge in [0.25, 0.3) is 0 Å². The lowest BCUT2D eigenvalue weighted by Gasteiger charge is -2.17. The number of benzene rings is 1. The lowest BCUT2D eigenvalue weighted by Crippen LogP contribution is -2.43.